The van der Waals surface area contributed by atoms with Crippen LogP contribution in [0.3, 0.4) is 0 Å². The lowest BCUT2D eigenvalue weighted by Gasteiger charge is -2.13. The molecule has 8 heteroatoms. The van der Waals surface area contributed by atoms with E-state index in [-0.39, 0.29) is 29.7 Å². The summed E-state index contributed by atoms with van der Waals surface area (Å²) in [7, 11) is 0. The second-order valence-corrected chi connectivity index (χ2v) is 6.10. The van der Waals surface area contributed by atoms with Crippen molar-refractivity contribution < 1.29 is 18.7 Å². The summed E-state index contributed by atoms with van der Waals surface area (Å²) in [6, 6.07) is 8.55. The zero-order valence-electron chi connectivity index (χ0n) is 15.4. The van der Waals surface area contributed by atoms with Crippen molar-refractivity contribution in [2.45, 2.75) is 20.4 Å². The number of amides is 1. The summed E-state index contributed by atoms with van der Waals surface area (Å²) in [6.45, 7) is 3.31. The number of nitrogens with one attached hydrogen (secondary N) is 1. The topological polar surface area (TPSA) is 90.3 Å². The first kappa shape index (κ1) is 19.2. The average molecular weight is 383 g/mol. The van der Waals surface area contributed by atoms with Crippen LogP contribution in [-0.4, -0.2) is 28.0 Å². The van der Waals surface area contributed by atoms with E-state index in [0.29, 0.717) is 11.4 Å². The predicted molar refractivity (Wildman–Crippen MR) is 102 cm³/mol. The van der Waals surface area contributed by atoms with Gasteiger partial charge in [0, 0.05) is 17.6 Å². The molecule has 7 nitrogen and oxygen atoms in total. The molecule has 0 aliphatic heterocycles. The van der Waals surface area contributed by atoms with Crippen LogP contribution < -0.4 is 10.7 Å². The van der Waals surface area contributed by atoms with E-state index in [9.17, 15) is 18.8 Å². The number of hydrogen-bond donors (Lipinski definition) is 1. The van der Waals surface area contributed by atoms with Gasteiger partial charge >= 0.3 is 5.97 Å². The number of rotatable bonds is 5. The standard InChI is InChI=1S/C20H18FN3O4/c1-3-28-20(27)16-10-24(19-15(18(16)26)9-4-12(2)22-19)11-17(25)23-14-7-5-13(21)6-8-14/h4-10H,3,11H2,1-2H3,(H,23,25). The summed E-state index contributed by atoms with van der Waals surface area (Å²) in [5.74, 6) is -1.60. The van der Waals surface area contributed by atoms with E-state index in [1.54, 1.807) is 26.0 Å². The monoisotopic (exact) mass is 383 g/mol. The lowest BCUT2D eigenvalue weighted by molar-refractivity contribution is -0.116. The van der Waals surface area contributed by atoms with Crippen LogP contribution in [0.1, 0.15) is 23.0 Å². The molecule has 0 atom stereocenters. The van der Waals surface area contributed by atoms with Crippen LogP contribution >= 0.6 is 0 Å². The molecule has 0 aliphatic rings. The lowest BCUT2D eigenvalue weighted by atomic mass is 10.2. The van der Waals surface area contributed by atoms with Crippen molar-refractivity contribution in [2.75, 3.05) is 11.9 Å². The molecule has 144 valence electrons. The Morgan fingerprint density at radius 2 is 1.89 bits per heavy atom. The number of aromatic nitrogens is 2. The fourth-order valence-electron chi connectivity index (χ4n) is 2.72. The van der Waals surface area contributed by atoms with Gasteiger partial charge in [-0.05, 0) is 50.2 Å². The minimum Gasteiger partial charge on any atom is -0.462 e. The van der Waals surface area contributed by atoms with Gasteiger partial charge in [-0.2, -0.15) is 0 Å². The van der Waals surface area contributed by atoms with E-state index in [1.165, 1.54) is 35.0 Å². The number of carbonyl (C=O) groups is 2. The van der Waals surface area contributed by atoms with E-state index in [0.717, 1.165) is 0 Å². The molecule has 3 aromatic rings. The maximum atomic E-state index is 13.0. The summed E-state index contributed by atoms with van der Waals surface area (Å²) in [5.41, 5.74) is 0.688. The van der Waals surface area contributed by atoms with E-state index >= 15 is 0 Å². The Morgan fingerprint density at radius 1 is 1.18 bits per heavy atom. The number of fused-ring (bicyclic) bond motifs is 1. The van der Waals surface area contributed by atoms with E-state index in [2.05, 4.69) is 10.3 Å². The lowest BCUT2D eigenvalue weighted by Crippen LogP contribution is -2.25. The van der Waals surface area contributed by atoms with Crippen molar-refractivity contribution in [3.63, 3.8) is 0 Å². The van der Waals surface area contributed by atoms with E-state index < -0.39 is 23.1 Å². The van der Waals surface area contributed by atoms with Gasteiger partial charge in [-0.25, -0.2) is 14.2 Å². The van der Waals surface area contributed by atoms with E-state index in [4.69, 9.17) is 4.74 Å². The third kappa shape index (κ3) is 4.06. The number of hydrogen-bond acceptors (Lipinski definition) is 5. The molecule has 0 bridgehead atoms. The molecular formula is C20H18FN3O4. The van der Waals surface area contributed by atoms with Crippen LogP contribution in [0.5, 0.6) is 0 Å². The summed E-state index contributed by atoms with van der Waals surface area (Å²) in [5, 5.41) is 2.85. The van der Waals surface area contributed by atoms with Crippen LogP contribution in [0.15, 0.2) is 47.4 Å². The maximum absolute atomic E-state index is 13.0. The first-order valence-corrected chi connectivity index (χ1v) is 8.62. The third-order valence-electron chi connectivity index (χ3n) is 4.00. The highest BCUT2D eigenvalue weighted by atomic mass is 19.1. The summed E-state index contributed by atoms with van der Waals surface area (Å²) in [4.78, 5) is 41.5. The van der Waals surface area contributed by atoms with Gasteiger partial charge in [0.15, 0.2) is 0 Å². The molecule has 28 heavy (non-hydrogen) atoms. The van der Waals surface area contributed by atoms with E-state index in [1.807, 2.05) is 0 Å². The summed E-state index contributed by atoms with van der Waals surface area (Å²) < 4.78 is 19.4. The maximum Gasteiger partial charge on any atom is 0.343 e. The van der Waals surface area contributed by atoms with Crippen molar-refractivity contribution in [3.05, 3.63) is 69.9 Å². The van der Waals surface area contributed by atoms with Gasteiger partial charge in [0.2, 0.25) is 11.3 Å². The molecule has 1 N–H and O–H groups in total. The number of benzene rings is 1. The quantitative estimate of drug-likeness (QED) is 0.684. The number of aryl methyl sites for hydroxylation is 1. The molecule has 0 spiro atoms. The fraction of sp³-hybridized carbons (Fsp3) is 0.200. The highest BCUT2D eigenvalue weighted by Gasteiger charge is 2.18. The smallest absolute Gasteiger partial charge is 0.343 e. The Kier molecular flexibility index (Phi) is 5.49. The predicted octanol–water partition coefficient (Wildman–Crippen LogP) is 2.66. The summed E-state index contributed by atoms with van der Waals surface area (Å²) >= 11 is 0. The molecule has 0 radical (unpaired) electrons. The number of carbonyl (C=O) groups excluding carboxylic acids is 2. The Morgan fingerprint density at radius 3 is 2.57 bits per heavy atom. The van der Waals surface area contributed by atoms with Gasteiger partial charge in [-0.3, -0.25) is 9.59 Å². The van der Waals surface area contributed by atoms with Gasteiger partial charge in [0.25, 0.3) is 0 Å². The average Bonchev–Trinajstić information content (AvgIpc) is 2.66. The SMILES string of the molecule is CCOC(=O)c1cn(CC(=O)Nc2ccc(F)cc2)c2nc(C)ccc2c1=O. The number of pyridine rings is 2. The van der Waals surface area contributed by atoms with Gasteiger partial charge < -0.3 is 14.6 Å². The van der Waals surface area contributed by atoms with Gasteiger partial charge in [0.05, 0.1) is 12.0 Å². The molecule has 0 fully saturated rings. The largest absolute Gasteiger partial charge is 0.462 e. The second kappa shape index (κ2) is 7.99. The Balaban J connectivity index is 2.00. The normalized spacial score (nSPS) is 10.7. The number of halogens is 1. The zero-order valence-corrected chi connectivity index (χ0v) is 15.4. The second-order valence-electron chi connectivity index (χ2n) is 6.10. The molecule has 0 saturated carbocycles. The van der Waals surface area contributed by atoms with Crippen molar-refractivity contribution in [1.29, 1.82) is 0 Å². The van der Waals surface area contributed by atoms with Gasteiger partial charge in [-0.15, -0.1) is 0 Å². The number of ether oxygens (including phenoxy) is 1. The van der Waals surface area contributed by atoms with Crippen LogP contribution in [0.2, 0.25) is 0 Å². The minimum atomic E-state index is -0.761. The number of esters is 1. The fourth-order valence-corrected chi connectivity index (χ4v) is 2.72. The Labute approximate surface area is 159 Å². The molecule has 0 aliphatic carbocycles. The zero-order chi connectivity index (χ0) is 20.3. The molecule has 1 aromatic carbocycles. The van der Waals surface area contributed by atoms with Crippen molar-refractivity contribution >= 4 is 28.6 Å². The number of nitrogens with zero attached hydrogens (tertiary/aromatic N) is 2. The van der Waals surface area contributed by atoms with Crippen molar-refractivity contribution in [1.82, 2.24) is 9.55 Å². The van der Waals surface area contributed by atoms with Crippen LogP contribution in [0.25, 0.3) is 11.0 Å². The van der Waals surface area contributed by atoms with Crippen LogP contribution in [-0.2, 0) is 16.1 Å². The van der Waals surface area contributed by atoms with Gasteiger partial charge in [0.1, 0.15) is 23.6 Å². The molecule has 1 amide bonds. The Hall–Kier alpha value is -3.55. The minimum absolute atomic E-state index is 0.119. The summed E-state index contributed by atoms with van der Waals surface area (Å²) in [6.07, 6.45) is 1.28. The van der Waals surface area contributed by atoms with Crippen LogP contribution in [0.4, 0.5) is 10.1 Å². The van der Waals surface area contributed by atoms with Crippen molar-refractivity contribution in [3.8, 4) is 0 Å². The van der Waals surface area contributed by atoms with Crippen LogP contribution in [0, 0.1) is 12.7 Å². The highest BCUT2D eigenvalue weighted by molar-refractivity contribution is 5.94. The molecule has 0 unspecified atom stereocenters. The molecule has 0 saturated heterocycles. The van der Waals surface area contributed by atoms with Gasteiger partial charge in [-0.1, -0.05) is 0 Å². The molecule has 2 aromatic heterocycles. The molecule has 2 heterocycles. The highest BCUT2D eigenvalue weighted by Crippen LogP contribution is 2.13. The first-order valence-electron chi connectivity index (χ1n) is 8.62. The number of anilines is 1. The molecular weight excluding hydrogens is 365 g/mol. The molecule has 3 rings (SSSR count). The Bertz CT molecular complexity index is 1110. The van der Waals surface area contributed by atoms with Crippen molar-refractivity contribution in [2.24, 2.45) is 0 Å². The first-order chi connectivity index (χ1) is 13.4. The third-order valence-corrected chi connectivity index (χ3v) is 4.00.